The highest BCUT2D eigenvalue weighted by molar-refractivity contribution is 9.08. The van der Waals surface area contributed by atoms with Crippen LogP contribution in [-0.4, -0.2) is 10.5 Å². The maximum Gasteiger partial charge on any atom is 0.263 e. The van der Waals surface area contributed by atoms with Gasteiger partial charge in [-0.25, -0.2) is 0 Å². The Kier molecular flexibility index (Phi) is 8.01. The van der Waals surface area contributed by atoms with E-state index in [0.717, 1.165) is 11.3 Å². The largest absolute Gasteiger partial charge is 0.366 e. The number of halogens is 1. The molecule has 0 aliphatic carbocycles. The average molecular weight is 491 g/mol. The van der Waals surface area contributed by atoms with Crippen LogP contribution in [0, 0.1) is 6.92 Å². The molecule has 0 radical (unpaired) electrons. The molecule has 2 N–H and O–H groups in total. The van der Waals surface area contributed by atoms with Crippen molar-refractivity contribution in [3.63, 3.8) is 0 Å². The van der Waals surface area contributed by atoms with Crippen molar-refractivity contribution in [2.24, 2.45) is 5.73 Å². The summed E-state index contributed by atoms with van der Waals surface area (Å²) in [5.41, 5.74) is 9.58. The van der Waals surface area contributed by atoms with Crippen molar-refractivity contribution in [1.82, 2.24) is 4.57 Å². The second kappa shape index (κ2) is 10.9. The first kappa shape index (κ1) is 23.5. The molecule has 5 heteroatoms. The predicted molar refractivity (Wildman–Crippen MR) is 136 cm³/mol. The summed E-state index contributed by atoms with van der Waals surface area (Å²) in [4.78, 5) is 25.0. The van der Waals surface area contributed by atoms with Crippen LogP contribution in [0.15, 0.2) is 83.7 Å². The van der Waals surface area contributed by atoms with Gasteiger partial charge in [-0.05, 0) is 42.7 Å². The summed E-state index contributed by atoms with van der Waals surface area (Å²) in [6, 6.07) is 25.2. The first-order valence-electron chi connectivity index (χ1n) is 10.6. The number of amides is 1. The van der Waals surface area contributed by atoms with Gasteiger partial charge in [0.15, 0.2) is 0 Å². The Labute approximate surface area is 196 Å². The molecule has 0 aliphatic rings. The van der Waals surface area contributed by atoms with Crippen LogP contribution in [-0.2, 0) is 11.8 Å². The number of hydrogen-bond acceptors (Lipinski definition) is 2. The lowest BCUT2D eigenvalue weighted by Gasteiger charge is -2.17. The number of aryl methyl sites for hydroxylation is 2. The molecular weight excluding hydrogens is 464 g/mol. The number of carbonyl (C=O) groups excluding carboxylic acids is 1. The number of pyridine rings is 1. The molecule has 0 spiro atoms. The SMILES string of the molecule is CCCc1ccccc1.Cc1cccc(-n2c(CBr)c(C(N)=O)c3ccccc3c2=O)c1. The molecule has 0 saturated carbocycles. The predicted octanol–water partition coefficient (Wildman–Crippen LogP) is 5.93. The topological polar surface area (TPSA) is 65.1 Å². The second-order valence-corrected chi connectivity index (χ2v) is 8.14. The molecule has 4 aromatic rings. The molecule has 4 rings (SSSR count). The summed E-state index contributed by atoms with van der Waals surface area (Å²) in [6.07, 6.45) is 2.45. The molecular formula is C27H27BrN2O2. The van der Waals surface area contributed by atoms with Gasteiger partial charge < -0.3 is 5.73 Å². The molecule has 1 heterocycles. The molecule has 1 amide bonds. The molecule has 0 bridgehead atoms. The number of nitrogens with two attached hydrogens (primary N) is 1. The summed E-state index contributed by atoms with van der Waals surface area (Å²) in [7, 11) is 0. The Bertz CT molecular complexity index is 1280. The first-order valence-corrected chi connectivity index (χ1v) is 11.7. The molecule has 0 fully saturated rings. The number of hydrogen-bond donors (Lipinski definition) is 1. The van der Waals surface area contributed by atoms with Crippen molar-refractivity contribution in [2.75, 3.05) is 0 Å². The highest BCUT2D eigenvalue weighted by atomic mass is 79.9. The number of aromatic nitrogens is 1. The van der Waals surface area contributed by atoms with Crippen LogP contribution >= 0.6 is 15.9 Å². The van der Waals surface area contributed by atoms with Gasteiger partial charge in [-0.15, -0.1) is 0 Å². The van der Waals surface area contributed by atoms with Gasteiger partial charge in [0.25, 0.3) is 11.5 Å². The van der Waals surface area contributed by atoms with E-state index in [0.29, 0.717) is 27.4 Å². The number of benzene rings is 3. The van der Waals surface area contributed by atoms with Crippen LogP contribution in [0.4, 0.5) is 0 Å². The first-order chi connectivity index (χ1) is 15.5. The van der Waals surface area contributed by atoms with Crippen molar-refractivity contribution in [1.29, 1.82) is 0 Å². The van der Waals surface area contributed by atoms with E-state index < -0.39 is 5.91 Å². The number of carbonyl (C=O) groups is 1. The number of primary amides is 1. The smallest absolute Gasteiger partial charge is 0.263 e. The second-order valence-electron chi connectivity index (χ2n) is 7.58. The van der Waals surface area contributed by atoms with Gasteiger partial charge in [-0.3, -0.25) is 14.2 Å². The molecule has 0 unspecified atom stereocenters. The van der Waals surface area contributed by atoms with E-state index in [1.165, 1.54) is 18.4 Å². The molecule has 0 aliphatic heterocycles. The standard InChI is InChI=1S/C18H15BrN2O2.C9H12/c1-11-5-4-6-12(9-11)21-15(10-19)16(17(20)22)13-7-2-3-8-14(13)18(21)23;1-2-6-9-7-4-3-5-8-9/h2-9H,10H2,1H3,(H2,20,22);3-5,7-8H,2,6H2,1H3. The van der Waals surface area contributed by atoms with Crippen LogP contribution in [0.5, 0.6) is 0 Å². The molecule has 4 nitrogen and oxygen atoms in total. The van der Waals surface area contributed by atoms with Crippen molar-refractivity contribution < 1.29 is 4.79 Å². The summed E-state index contributed by atoms with van der Waals surface area (Å²) >= 11 is 3.40. The molecule has 1 aromatic heterocycles. The van der Waals surface area contributed by atoms with Gasteiger partial charge in [0.2, 0.25) is 0 Å². The minimum absolute atomic E-state index is 0.161. The van der Waals surface area contributed by atoms with E-state index in [1.807, 2.05) is 31.2 Å². The Morgan fingerprint density at radius 3 is 2.19 bits per heavy atom. The Hall–Kier alpha value is -3.18. The lowest BCUT2D eigenvalue weighted by Crippen LogP contribution is -2.27. The van der Waals surface area contributed by atoms with Gasteiger partial charge in [0, 0.05) is 21.8 Å². The average Bonchev–Trinajstić information content (AvgIpc) is 2.80. The van der Waals surface area contributed by atoms with Crippen molar-refractivity contribution in [3.05, 3.63) is 112 Å². The van der Waals surface area contributed by atoms with Crippen LogP contribution in [0.2, 0.25) is 0 Å². The van der Waals surface area contributed by atoms with E-state index in [4.69, 9.17) is 5.73 Å². The zero-order valence-corrected chi connectivity index (χ0v) is 19.9. The van der Waals surface area contributed by atoms with Gasteiger partial charge >= 0.3 is 0 Å². The van der Waals surface area contributed by atoms with Gasteiger partial charge in [0.05, 0.1) is 11.3 Å². The third kappa shape index (κ3) is 5.17. The fourth-order valence-electron chi connectivity index (χ4n) is 3.77. The summed E-state index contributed by atoms with van der Waals surface area (Å²) in [5, 5.41) is 1.41. The van der Waals surface area contributed by atoms with Crippen molar-refractivity contribution >= 4 is 32.6 Å². The maximum atomic E-state index is 13.0. The van der Waals surface area contributed by atoms with E-state index in [-0.39, 0.29) is 5.56 Å². The normalized spacial score (nSPS) is 10.5. The van der Waals surface area contributed by atoms with Crippen LogP contribution < -0.4 is 11.3 Å². The van der Waals surface area contributed by atoms with Gasteiger partial charge in [-0.2, -0.15) is 0 Å². The zero-order valence-electron chi connectivity index (χ0n) is 18.3. The van der Waals surface area contributed by atoms with E-state index >= 15 is 0 Å². The minimum Gasteiger partial charge on any atom is -0.366 e. The summed E-state index contributed by atoms with van der Waals surface area (Å²) < 4.78 is 1.56. The van der Waals surface area contributed by atoms with Crippen LogP contribution in [0.25, 0.3) is 16.5 Å². The van der Waals surface area contributed by atoms with E-state index in [2.05, 4.69) is 53.2 Å². The molecule has 0 saturated heterocycles. The number of alkyl halides is 1. The van der Waals surface area contributed by atoms with E-state index in [9.17, 15) is 9.59 Å². The number of rotatable bonds is 5. The fraction of sp³-hybridized carbons (Fsp3) is 0.185. The lowest BCUT2D eigenvalue weighted by atomic mass is 10.0. The highest BCUT2D eigenvalue weighted by Crippen LogP contribution is 2.24. The molecule has 32 heavy (non-hydrogen) atoms. The fourth-order valence-corrected chi connectivity index (χ4v) is 4.30. The Morgan fingerprint density at radius 1 is 0.938 bits per heavy atom. The highest BCUT2D eigenvalue weighted by Gasteiger charge is 2.20. The van der Waals surface area contributed by atoms with E-state index in [1.54, 1.807) is 28.8 Å². The maximum absolute atomic E-state index is 13.0. The van der Waals surface area contributed by atoms with Crippen LogP contribution in [0.3, 0.4) is 0 Å². The molecule has 164 valence electrons. The molecule has 3 aromatic carbocycles. The van der Waals surface area contributed by atoms with Gasteiger partial charge in [0.1, 0.15) is 0 Å². The summed E-state index contributed by atoms with van der Waals surface area (Å²) in [5.74, 6) is -0.544. The molecule has 0 atom stereocenters. The third-order valence-corrected chi connectivity index (χ3v) is 5.73. The lowest BCUT2D eigenvalue weighted by molar-refractivity contribution is 0.100. The quantitative estimate of drug-likeness (QED) is 0.352. The van der Waals surface area contributed by atoms with Crippen LogP contribution in [0.1, 0.15) is 40.5 Å². The monoisotopic (exact) mass is 490 g/mol. The Morgan fingerprint density at radius 2 is 1.59 bits per heavy atom. The number of nitrogens with zero attached hydrogens (tertiary/aromatic N) is 1. The minimum atomic E-state index is -0.544. The summed E-state index contributed by atoms with van der Waals surface area (Å²) in [6.45, 7) is 4.16. The van der Waals surface area contributed by atoms with Crippen molar-refractivity contribution in [2.45, 2.75) is 32.0 Å². The third-order valence-electron chi connectivity index (χ3n) is 5.20. The number of fused-ring (bicyclic) bond motifs is 1. The zero-order chi connectivity index (χ0) is 23.1. The van der Waals surface area contributed by atoms with Gasteiger partial charge in [-0.1, -0.05) is 89.9 Å². The van der Waals surface area contributed by atoms with Crippen molar-refractivity contribution in [3.8, 4) is 5.69 Å². The Balaban J connectivity index is 0.000000269.